The monoisotopic (exact) mass is 248 g/mol. The summed E-state index contributed by atoms with van der Waals surface area (Å²) in [5, 5.41) is 2.65. The lowest BCUT2D eigenvalue weighted by Crippen LogP contribution is -2.38. The number of allylic oxidation sites excluding steroid dienone is 1. The van der Waals surface area contributed by atoms with Crippen molar-refractivity contribution in [3.05, 3.63) is 11.6 Å². The number of nitrogens with zero attached hydrogens (tertiary/aromatic N) is 1. The number of hydrogen-bond acceptors (Lipinski definition) is 2. The first-order valence-electron chi connectivity index (χ1n) is 5.32. The van der Waals surface area contributed by atoms with Crippen LogP contribution in [0.1, 0.15) is 20.8 Å². The number of hydrogen-bond donors (Lipinski definition) is 1. The number of nitrogens with one attached hydrogen (secondary N) is 1. The van der Waals surface area contributed by atoms with E-state index in [0.717, 1.165) is 0 Å². The van der Waals surface area contributed by atoms with Crippen LogP contribution in [-0.2, 0) is 4.79 Å². The third-order valence-corrected chi connectivity index (χ3v) is 2.31. The Labute approximate surface area is 97.8 Å². The molecule has 0 aromatic rings. The smallest absolute Gasteiger partial charge is 0.353 e. The Hall–Kier alpha value is -1.33. The Morgan fingerprint density at radius 1 is 1.53 bits per heavy atom. The van der Waals surface area contributed by atoms with Crippen LogP contribution in [0.15, 0.2) is 16.6 Å². The van der Waals surface area contributed by atoms with Crippen LogP contribution in [0.5, 0.6) is 0 Å². The van der Waals surface area contributed by atoms with Crippen LogP contribution in [0.4, 0.5) is 13.2 Å². The Balaban J connectivity index is 2.76. The molecule has 0 bridgehead atoms. The van der Waals surface area contributed by atoms with Crippen LogP contribution < -0.4 is 5.32 Å². The molecule has 0 aromatic carbocycles. The standard InChI is InChI=1S/C11H15F3N2O/c1-6(2)16-10(17)8-4-7(3)9(15-5-8)11(12,13)14/h4,6,8H,5H2,1-3H3,(H,16,17). The summed E-state index contributed by atoms with van der Waals surface area (Å²) in [7, 11) is 0. The number of aliphatic imine (C=N–C) groups is 1. The predicted octanol–water partition coefficient (Wildman–Crippen LogP) is 2.09. The maximum absolute atomic E-state index is 12.5. The average Bonchev–Trinajstić information content (AvgIpc) is 2.14. The largest absolute Gasteiger partial charge is 0.433 e. The second-order valence-electron chi connectivity index (χ2n) is 4.31. The molecule has 1 aliphatic heterocycles. The minimum absolute atomic E-state index is 0.00709. The van der Waals surface area contributed by atoms with Crippen molar-refractivity contribution in [2.75, 3.05) is 6.54 Å². The molecule has 1 aliphatic rings. The van der Waals surface area contributed by atoms with Crippen molar-refractivity contribution in [3.8, 4) is 0 Å². The molecule has 0 radical (unpaired) electrons. The molecule has 1 N–H and O–H groups in total. The first-order valence-corrected chi connectivity index (χ1v) is 5.32. The predicted molar refractivity (Wildman–Crippen MR) is 58.9 cm³/mol. The van der Waals surface area contributed by atoms with Crippen LogP contribution in [-0.4, -0.2) is 30.4 Å². The summed E-state index contributed by atoms with van der Waals surface area (Å²) >= 11 is 0. The van der Waals surface area contributed by atoms with Crippen LogP contribution in [0, 0.1) is 5.92 Å². The molecule has 1 heterocycles. The quantitative estimate of drug-likeness (QED) is 0.798. The lowest BCUT2D eigenvalue weighted by atomic mass is 9.98. The highest BCUT2D eigenvalue weighted by Crippen LogP contribution is 2.26. The number of carbonyl (C=O) groups is 1. The summed E-state index contributed by atoms with van der Waals surface area (Å²) in [6, 6.07) is -0.0378. The van der Waals surface area contributed by atoms with Gasteiger partial charge in [-0.05, 0) is 26.3 Å². The van der Waals surface area contributed by atoms with E-state index in [2.05, 4.69) is 10.3 Å². The number of halogens is 3. The highest BCUT2D eigenvalue weighted by molar-refractivity contribution is 6.05. The molecular formula is C11H15F3N2O. The second-order valence-corrected chi connectivity index (χ2v) is 4.31. The summed E-state index contributed by atoms with van der Waals surface area (Å²) in [6.07, 6.45) is -3.12. The van der Waals surface area contributed by atoms with Gasteiger partial charge in [0.25, 0.3) is 0 Å². The number of rotatable bonds is 2. The molecule has 0 spiro atoms. The van der Waals surface area contributed by atoms with Crippen molar-refractivity contribution in [2.24, 2.45) is 10.9 Å². The zero-order chi connectivity index (χ0) is 13.2. The summed E-state index contributed by atoms with van der Waals surface area (Å²) in [5.41, 5.74) is -0.876. The van der Waals surface area contributed by atoms with E-state index < -0.39 is 17.8 Å². The fourth-order valence-corrected chi connectivity index (χ4v) is 1.61. The third-order valence-electron chi connectivity index (χ3n) is 2.31. The summed E-state index contributed by atoms with van der Waals surface area (Å²) < 4.78 is 37.4. The van der Waals surface area contributed by atoms with Gasteiger partial charge in [0.2, 0.25) is 5.91 Å². The normalized spacial score (nSPS) is 21.0. The van der Waals surface area contributed by atoms with Gasteiger partial charge in [0.1, 0.15) is 5.71 Å². The molecular weight excluding hydrogens is 233 g/mol. The molecule has 0 saturated heterocycles. The van der Waals surface area contributed by atoms with Gasteiger partial charge in [-0.15, -0.1) is 0 Å². The molecule has 1 amide bonds. The summed E-state index contributed by atoms with van der Waals surface area (Å²) in [5.74, 6) is -0.896. The van der Waals surface area contributed by atoms with E-state index >= 15 is 0 Å². The van der Waals surface area contributed by atoms with Crippen molar-refractivity contribution in [2.45, 2.75) is 33.0 Å². The highest BCUT2D eigenvalue weighted by atomic mass is 19.4. The lowest BCUT2D eigenvalue weighted by molar-refractivity contribution is -0.123. The zero-order valence-electron chi connectivity index (χ0n) is 9.93. The molecule has 3 nitrogen and oxygen atoms in total. The minimum atomic E-state index is -4.44. The molecule has 1 atom stereocenters. The van der Waals surface area contributed by atoms with E-state index in [4.69, 9.17) is 0 Å². The molecule has 0 aromatic heterocycles. The molecule has 6 heteroatoms. The van der Waals surface area contributed by atoms with Gasteiger partial charge >= 0.3 is 6.18 Å². The fraction of sp³-hybridized carbons (Fsp3) is 0.636. The maximum Gasteiger partial charge on any atom is 0.433 e. The Kier molecular flexibility index (Phi) is 3.95. The molecule has 1 unspecified atom stereocenters. The van der Waals surface area contributed by atoms with Gasteiger partial charge in [0.05, 0.1) is 12.5 Å². The van der Waals surface area contributed by atoms with E-state index in [1.165, 1.54) is 13.0 Å². The highest BCUT2D eigenvalue weighted by Gasteiger charge is 2.38. The van der Waals surface area contributed by atoms with Crippen LogP contribution in [0.25, 0.3) is 0 Å². The van der Waals surface area contributed by atoms with Gasteiger partial charge in [-0.3, -0.25) is 9.79 Å². The molecule has 1 rings (SSSR count). The van der Waals surface area contributed by atoms with E-state index in [1.54, 1.807) is 13.8 Å². The molecule has 0 fully saturated rings. The van der Waals surface area contributed by atoms with Gasteiger partial charge in [-0.2, -0.15) is 13.2 Å². The van der Waals surface area contributed by atoms with Crippen LogP contribution >= 0.6 is 0 Å². The number of dihydropyridines is 1. The second kappa shape index (κ2) is 4.89. The van der Waals surface area contributed by atoms with Crippen molar-refractivity contribution in [1.82, 2.24) is 5.32 Å². The molecule has 96 valence electrons. The van der Waals surface area contributed by atoms with Gasteiger partial charge < -0.3 is 5.32 Å². The SMILES string of the molecule is CC1=CC(C(=O)NC(C)C)CN=C1C(F)(F)F. The summed E-state index contributed by atoms with van der Waals surface area (Å²) in [6.45, 7) is 4.76. The molecule has 0 aliphatic carbocycles. The Morgan fingerprint density at radius 2 is 2.12 bits per heavy atom. The molecule has 17 heavy (non-hydrogen) atoms. The Morgan fingerprint density at radius 3 is 2.53 bits per heavy atom. The number of alkyl halides is 3. The third kappa shape index (κ3) is 3.57. The zero-order valence-corrected chi connectivity index (χ0v) is 9.93. The topological polar surface area (TPSA) is 41.5 Å². The van der Waals surface area contributed by atoms with Crippen molar-refractivity contribution in [1.29, 1.82) is 0 Å². The molecule has 0 saturated carbocycles. The fourth-order valence-electron chi connectivity index (χ4n) is 1.61. The van der Waals surface area contributed by atoms with Crippen molar-refractivity contribution >= 4 is 11.6 Å². The first-order chi connectivity index (χ1) is 7.71. The van der Waals surface area contributed by atoms with Crippen molar-refractivity contribution in [3.63, 3.8) is 0 Å². The van der Waals surface area contributed by atoms with Gasteiger partial charge in [-0.1, -0.05) is 6.08 Å². The van der Waals surface area contributed by atoms with E-state index in [-0.39, 0.29) is 24.1 Å². The lowest BCUT2D eigenvalue weighted by Gasteiger charge is -2.21. The van der Waals surface area contributed by atoms with Gasteiger partial charge in [-0.25, -0.2) is 0 Å². The minimum Gasteiger partial charge on any atom is -0.353 e. The van der Waals surface area contributed by atoms with E-state index in [0.29, 0.717) is 0 Å². The Bertz CT molecular complexity index is 369. The van der Waals surface area contributed by atoms with Gasteiger partial charge in [0, 0.05) is 6.04 Å². The maximum atomic E-state index is 12.5. The van der Waals surface area contributed by atoms with Crippen LogP contribution in [0.2, 0.25) is 0 Å². The van der Waals surface area contributed by atoms with Crippen LogP contribution in [0.3, 0.4) is 0 Å². The number of carbonyl (C=O) groups excluding carboxylic acids is 1. The average molecular weight is 248 g/mol. The van der Waals surface area contributed by atoms with E-state index in [9.17, 15) is 18.0 Å². The van der Waals surface area contributed by atoms with Gasteiger partial charge in [0.15, 0.2) is 0 Å². The summed E-state index contributed by atoms with van der Waals surface area (Å²) in [4.78, 5) is 15.1. The van der Waals surface area contributed by atoms with Crippen molar-refractivity contribution < 1.29 is 18.0 Å². The first kappa shape index (κ1) is 13.7. The number of amides is 1. The van der Waals surface area contributed by atoms with E-state index in [1.807, 2.05) is 0 Å².